The smallest absolute Gasteiger partial charge is 0.248 e. The maximum atomic E-state index is 12.6. The number of nitrogens with zero attached hydrogens (tertiary/aromatic N) is 2. The topological polar surface area (TPSA) is 58.2 Å². The van der Waals surface area contributed by atoms with Crippen LogP contribution in [0.4, 0.5) is 0 Å². The van der Waals surface area contributed by atoms with Crippen LogP contribution in [-0.2, 0) is 16.0 Å². The van der Waals surface area contributed by atoms with Gasteiger partial charge >= 0.3 is 0 Å². The molecule has 1 aromatic carbocycles. The Morgan fingerprint density at radius 1 is 1.23 bits per heavy atom. The summed E-state index contributed by atoms with van der Waals surface area (Å²) in [6.07, 6.45) is 7.25. The van der Waals surface area contributed by atoms with Gasteiger partial charge in [0.25, 0.3) is 0 Å². The molecule has 2 heterocycles. The summed E-state index contributed by atoms with van der Waals surface area (Å²) in [5.74, 6) is 0.624. The van der Waals surface area contributed by atoms with E-state index in [2.05, 4.69) is 41.4 Å². The first-order chi connectivity index (χ1) is 12.7. The van der Waals surface area contributed by atoms with E-state index in [0.717, 1.165) is 50.9 Å². The molecule has 5 nitrogen and oxygen atoms in total. The van der Waals surface area contributed by atoms with Gasteiger partial charge in [-0.15, -0.1) is 0 Å². The first-order valence-electron chi connectivity index (χ1n) is 9.69. The number of piperidine rings is 1. The van der Waals surface area contributed by atoms with Gasteiger partial charge in [0.05, 0.1) is 12.3 Å². The van der Waals surface area contributed by atoms with E-state index in [-0.39, 0.29) is 18.6 Å². The molecule has 26 heavy (non-hydrogen) atoms. The van der Waals surface area contributed by atoms with Crippen molar-refractivity contribution in [2.45, 2.75) is 51.0 Å². The van der Waals surface area contributed by atoms with Crippen molar-refractivity contribution in [2.24, 2.45) is 0 Å². The Labute approximate surface area is 154 Å². The van der Waals surface area contributed by atoms with Crippen LogP contribution >= 0.6 is 0 Å². The Morgan fingerprint density at radius 2 is 2.04 bits per heavy atom. The van der Waals surface area contributed by atoms with E-state index < -0.39 is 0 Å². The maximum Gasteiger partial charge on any atom is 0.248 e. The van der Waals surface area contributed by atoms with Gasteiger partial charge in [-0.3, -0.25) is 9.89 Å². The number of hydrogen-bond donors (Lipinski definition) is 1. The van der Waals surface area contributed by atoms with Crippen LogP contribution < -0.4 is 0 Å². The third kappa shape index (κ3) is 3.54. The Kier molecular flexibility index (Phi) is 5.07. The van der Waals surface area contributed by atoms with Crippen molar-refractivity contribution in [1.82, 2.24) is 15.1 Å². The summed E-state index contributed by atoms with van der Waals surface area (Å²) in [5.41, 5.74) is 5.08. The summed E-state index contributed by atoms with van der Waals surface area (Å²) in [7, 11) is 0. The number of hydrogen-bond acceptors (Lipinski definition) is 3. The third-order valence-electron chi connectivity index (χ3n) is 5.88. The summed E-state index contributed by atoms with van der Waals surface area (Å²) in [6.45, 7) is 3.86. The van der Waals surface area contributed by atoms with E-state index in [1.165, 1.54) is 16.7 Å². The van der Waals surface area contributed by atoms with E-state index in [4.69, 9.17) is 4.74 Å². The molecule has 0 bridgehead atoms. The second-order valence-electron chi connectivity index (χ2n) is 7.50. The molecule has 1 N–H and O–H groups in total. The molecule has 5 heteroatoms. The minimum Gasteiger partial charge on any atom is -0.364 e. The van der Waals surface area contributed by atoms with E-state index in [1.807, 2.05) is 11.1 Å². The lowest BCUT2D eigenvalue weighted by Crippen LogP contribution is -2.40. The summed E-state index contributed by atoms with van der Waals surface area (Å²) in [4.78, 5) is 14.6. The van der Waals surface area contributed by atoms with Crippen LogP contribution in [0.1, 0.15) is 60.1 Å². The maximum absolute atomic E-state index is 12.6. The number of carbonyl (C=O) groups excluding carboxylic acids is 1. The monoisotopic (exact) mass is 353 g/mol. The number of amides is 1. The zero-order valence-corrected chi connectivity index (χ0v) is 15.4. The summed E-state index contributed by atoms with van der Waals surface area (Å²) >= 11 is 0. The number of rotatable bonds is 4. The van der Waals surface area contributed by atoms with Gasteiger partial charge in [-0.2, -0.15) is 5.10 Å². The van der Waals surface area contributed by atoms with Crippen LogP contribution in [0.15, 0.2) is 30.5 Å². The molecular weight excluding hydrogens is 326 g/mol. The molecule has 1 fully saturated rings. The zero-order valence-electron chi connectivity index (χ0n) is 15.4. The molecule has 1 atom stereocenters. The lowest BCUT2D eigenvalue weighted by Gasteiger charge is -2.33. The molecule has 1 aliphatic heterocycles. The van der Waals surface area contributed by atoms with Crippen LogP contribution in [0.5, 0.6) is 0 Å². The second kappa shape index (κ2) is 7.62. The fourth-order valence-electron chi connectivity index (χ4n) is 4.36. The van der Waals surface area contributed by atoms with Crippen LogP contribution in [0.3, 0.4) is 0 Å². The van der Waals surface area contributed by atoms with Gasteiger partial charge in [-0.05, 0) is 61.6 Å². The van der Waals surface area contributed by atoms with Gasteiger partial charge in [0.15, 0.2) is 0 Å². The predicted octanol–water partition coefficient (Wildman–Crippen LogP) is 3.52. The predicted molar refractivity (Wildman–Crippen MR) is 100.0 cm³/mol. The van der Waals surface area contributed by atoms with Crippen molar-refractivity contribution in [2.75, 3.05) is 19.7 Å². The summed E-state index contributed by atoms with van der Waals surface area (Å²) in [6, 6.07) is 8.46. The van der Waals surface area contributed by atoms with E-state index in [1.54, 1.807) is 0 Å². The zero-order chi connectivity index (χ0) is 17.9. The molecular formula is C21H27N3O2. The minimum atomic E-state index is 0.0648. The number of aromatic nitrogens is 2. The van der Waals surface area contributed by atoms with Crippen molar-refractivity contribution in [3.8, 4) is 0 Å². The lowest BCUT2D eigenvalue weighted by atomic mass is 9.89. The first kappa shape index (κ1) is 17.3. The molecule has 0 radical (unpaired) electrons. The van der Waals surface area contributed by atoms with Crippen LogP contribution in [0.2, 0.25) is 0 Å². The van der Waals surface area contributed by atoms with Crippen LogP contribution in [0.25, 0.3) is 0 Å². The number of aromatic amines is 1. The molecule has 138 valence electrons. The van der Waals surface area contributed by atoms with Crippen LogP contribution in [-0.4, -0.2) is 40.7 Å². The van der Waals surface area contributed by atoms with Gasteiger partial charge in [-0.1, -0.05) is 24.3 Å². The number of fused-ring (bicyclic) bond motifs is 1. The van der Waals surface area contributed by atoms with Gasteiger partial charge < -0.3 is 9.64 Å². The molecule has 4 rings (SSSR count). The van der Waals surface area contributed by atoms with Gasteiger partial charge in [-0.25, -0.2) is 0 Å². The number of nitrogens with one attached hydrogen (secondary N) is 1. The van der Waals surface area contributed by atoms with E-state index >= 15 is 0 Å². The molecule has 1 aromatic heterocycles. The van der Waals surface area contributed by atoms with Gasteiger partial charge in [0.2, 0.25) is 5.91 Å². The van der Waals surface area contributed by atoms with Gasteiger partial charge in [0.1, 0.15) is 6.61 Å². The third-order valence-corrected chi connectivity index (χ3v) is 5.88. The lowest BCUT2D eigenvalue weighted by molar-refractivity contribution is -0.139. The van der Waals surface area contributed by atoms with Crippen molar-refractivity contribution in [3.63, 3.8) is 0 Å². The number of H-pyrrole nitrogens is 1. The van der Waals surface area contributed by atoms with E-state index in [0.29, 0.717) is 5.92 Å². The highest BCUT2D eigenvalue weighted by Gasteiger charge is 2.27. The molecule has 1 aliphatic carbocycles. The fraction of sp³-hybridized carbons (Fsp3) is 0.524. The highest BCUT2D eigenvalue weighted by atomic mass is 16.5. The number of carbonyl (C=O) groups is 1. The Morgan fingerprint density at radius 3 is 2.81 bits per heavy atom. The molecule has 1 unspecified atom stereocenters. The normalized spacial score (nSPS) is 20.8. The summed E-state index contributed by atoms with van der Waals surface area (Å²) in [5, 5.41) is 7.14. The molecule has 1 saturated heterocycles. The number of ether oxygens (including phenoxy) is 1. The molecule has 0 spiro atoms. The number of likely N-dealkylation sites (tertiary alicyclic amines) is 1. The largest absolute Gasteiger partial charge is 0.364 e. The van der Waals surface area contributed by atoms with Crippen molar-refractivity contribution in [3.05, 3.63) is 52.8 Å². The minimum absolute atomic E-state index is 0.0648. The fourth-order valence-corrected chi connectivity index (χ4v) is 4.36. The quantitative estimate of drug-likeness (QED) is 0.915. The highest BCUT2D eigenvalue weighted by molar-refractivity contribution is 5.77. The molecule has 0 saturated carbocycles. The Balaban J connectivity index is 1.29. The summed E-state index contributed by atoms with van der Waals surface area (Å²) < 4.78 is 6.04. The first-order valence-corrected chi connectivity index (χ1v) is 9.69. The number of benzene rings is 1. The van der Waals surface area contributed by atoms with Crippen molar-refractivity contribution >= 4 is 5.91 Å². The average Bonchev–Trinajstić information content (AvgIpc) is 3.12. The standard InChI is InChI=1S/C21H27N3O2/c1-15-19(13-22-23-15)17-9-11-24(12-10-17)21(25)14-26-20-8-4-6-16-5-2-3-7-18(16)20/h2-3,5,7,13,17,20H,4,6,8-12,14H2,1H3,(H,22,23). The van der Waals surface area contributed by atoms with Crippen LogP contribution in [0, 0.1) is 6.92 Å². The van der Waals surface area contributed by atoms with Crippen molar-refractivity contribution < 1.29 is 9.53 Å². The molecule has 2 aromatic rings. The van der Waals surface area contributed by atoms with Gasteiger partial charge in [0, 0.05) is 18.8 Å². The average molecular weight is 353 g/mol. The second-order valence-corrected chi connectivity index (χ2v) is 7.50. The van der Waals surface area contributed by atoms with E-state index in [9.17, 15) is 4.79 Å². The highest BCUT2D eigenvalue weighted by Crippen LogP contribution is 2.33. The molecule has 2 aliphatic rings. The SMILES string of the molecule is Cc1[nH]ncc1C1CCN(C(=O)COC2CCCc3ccccc32)CC1. The van der Waals surface area contributed by atoms with Crippen molar-refractivity contribution in [1.29, 1.82) is 0 Å². The molecule has 1 amide bonds. The number of aryl methyl sites for hydroxylation is 2. The Bertz CT molecular complexity index is 762. The Hall–Kier alpha value is -2.14.